The number of nitrogens with zero attached hydrogens (tertiary/aromatic N) is 3. The Labute approximate surface area is 167 Å². The molecule has 24 heavy (non-hydrogen) atoms. The van der Waals surface area contributed by atoms with Crippen molar-refractivity contribution in [2.24, 2.45) is 12.0 Å². The number of rotatable bonds is 7. The number of hydrogen-bond acceptors (Lipinski definition) is 2. The summed E-state index contributed by atoms with van der Waals surface area (Å²) in [5.74, 6) is 0.804. The van der Waals surface area contributed by atoms with Crippen molar-refractivity contribution >= 4 is 47.4 Å². The average molecular weight is 470 g/mol. The van der Waals surface area contributed by atoms with Crippen LogP contribution in [0.3, 0.4) is 0 Å². The maximum absolute atomic E-state index is 11.8. The molecule has 1 rings (SSSR count). The van der Waals surface area contributed by atoms with Gasteiger partial charge in [-0.3, -0.25) is 9.79 Å². The third-order valence-corrected chi connectivity index (χ3v) is 3.91. The van der Waals surface area contributed by atoms with Crippen molar-refractivity contribution in [2.75, 3.05) is 20.6 Å². The summed E-state index contributed by atoms with van der Waals surface area (Å²) in [4.78, 5) is 18.0. The number of carbonyl (C=O) groups is 1. The van der Waals surface area contributed by atoms with E-state index in [1.165, 1.54) is 0 Å². The van der Waals surface area contributed by atoms with E-state index >= 15 is 0 Å². The van der Waals surface area contributed by atoms with Crippen LogP contribution in [-0.4, -0.2) is 48.0 Å². The quantitative estimate of drug-likeness (QED) is 0.367. The summed E-state index contributed by atoms with van der Waals surface area (Å²) in [6.45, 7) is 5.29. The van der Waals surface area contributed by atoms with Crippen LogP contribution in [0.5, 0.6) is 0 Å². The number of amides is 1. The molecule has 6 nitrogen and oxygen atoms in total. The van der Waals surface area contributed by atoms with Gasteiger partial charge in [0.15, 0.2) is 5.96 Å². The van der Waals surface area contributed by atoms with Crippen LogP contribution >= 0.6 is 35.6 Å². The van der Waals surface area contributed by atoms with Crippen molar-refractivity contribution in [1.29, 1.82) is 0 Å². The average Bonchev–Trinajstić information content (AvgIpc) is 2.81. The molecule has 1 atom stereocenters. The molecule has 0 saturated heterocycles. The predicted octanol–water partition coefficient (Wildman–Crippen LogP) is 2.61. The van der Waals surface area contributed by atoms with Gasteiger partial charge < -0.3 is 20.1 Å². The van der Waals surface area contributed by atoms with Gasteiger partial charge in [-0.05, 0) is 19.4 Å². The fourth-order valence-electron chi connectivity index (χ4n) is 2.16. The van der Waals surface area contributed by atoms with Gasteiger partial charge in [-0.2, -0.15) is 0 Å². The van der Waals surface area contributed by atoms with E-state index in [2.05, 4.69) is 22.5 Å². The Balaban J connectivity index is 0.00000529. The van der Waals surface area contributed by atoms with Gasteiger partial charge in [0.25, 0.3) is 0 Å². The van der Waals surface area contributed by atoms with Gasteiger partial charge in [0, 0.05) is 52.0 Å². The van der Waals surface area contributed by atoms with E-state index in [0.717, 1.165) is 23.1 Å². The molecule has 1 aromatic rings. The van der Waals surface area contributed by atoms with Crippen LogP contribution in [0.15, 0.2) is 17.3 Å². The minimum Gasteiger partial charge on any atom is -0.356 e. The summed E-state index contributed by atoms with van der Waals surface area (Å²) in [7, 11) is 5.65. The zero-order valence-corrected chi connectivity index (χ0v) is 18.2. The molecular weight excluding hydrogens is 441 g/mol. The lowest BCUT2D eigenvalue weighted by Gasteiger charge is -2.22. The summed E-state index contributed by atoms with van der Waals surface area (Å²) >= 11 is 6.00. The highest BCUT2D eigenvalue weighted by Gasteiger charge is 2.11. The van der Waals surface area contributed by atoms with Crippen molar-refractivity contribution in [2.45, 2.75) is 39.3 Å². The number of aliphatic imine (C=N–C) groups is 1. The molecule has 0 fully saturated rings. The van der Waals surface area contributed by atoms with Crippen LogP contribution in [0.25, 0.3) is 0 Å². The van der Waals surface area contributed by atoms with E-state index in [9.17, 15) is 4.79 Å². The largest absolute Gasteiger partial charge is 0.356 e. The summed E-state index contributed by atoms with van der Waals surface area (Å²) in [6.07, 6.45) is 3.23. The van der Waals surface area contributed by atoms with Gasteiger partial charge in [0.05, 0.1) is 11.6 Å². The van der Waals surface area contributed by atoms with Crippen molar-refractivity contribution in [3.8, 4) is 0 Å². The number of aromatic nitrogens is 1. The maximum atomic E-state index is 11.8. The highest BCUT2D eigenvalue weighted by atomic mass is 127. The monoisotopic (exact) mass is 469 g/mol. The topological polar surface area (TPSA) is 61.7 Å². The summed E-state index contributed by atoms with van der Waals surface area (Å²) in [5, 5.41) is 6.88. The first-order chi connectivity index (χ1) is 10.9. The Morgan fingerprint density at radius 1 is 1.50 bits per heavy atom. The molecular formula is C16H29ClIN5O. The third kappa shape index (κ3) is 7.74. The number of guanidine groups is 1. The second-order valence-corrected chi connectivity index (χ2v) is 6.15. The molecule has 138 valence electrons. The zero-order valence-electron chi connectivity index (χ0n) is 15.1. The summed E-state index contributed by atoms with van der Waals surface area (Å²) in [5.41, 5.74) is 1.09. The molecule has 0 aliphatic heterocycles. The van der Waals surface area contributed by atoms with E-state index < -0.39 is 0 Å². The Morgan fingerprint density at radius 2 is 2.17 bits per heavy atom. The van der Waals surface area contributed by atoms with Crippen molar-refractivity contribution in [3.63, 3.8) is 0 Å². The van der Waals surface area contributed by atoms with E-state index in [1.807, 2.05) is 42.7 Å². The normalized spacial score (nSPS) is 12.3. The fraction of sp³-hybridized carbons (Fsp3) is 0.625. The van der Waals surface area contributed by atoms with Gasteiger partial charge in [0.2, 0.25) is 5.91 Å². The third-order valence-electron chi connectivity index (χ3n) is 3.70. The Hall–Kier alpha value is -0.960. The van der Waals surface area contributed by atoms with Crippen LogP contribution in [0, 0.1) is 0 Å². The van der Waals surface area contributed by atoms with Gasteiger partial charge in [-0.25, -0.2) is 0 Å². The first-order valence-corrected chi connectivity index (χ1v) is 8.27. The van der Waals surface area contributed by atoms with E-state index in [-0.39, 0.29) is 35.9 Å². The lowest BCUT2D eigenvalue weighted by molar-refractivity contribution is -0.121. The SMILES string of the molecule is CCC(C)NC(=O)CCNC(=NC)N(C)Cc1cc(Cl)cn1C.I. The lowest BCUT2D eigenvalue weighted by atomic mass is 10.2. The molecule has 0 spiro atoms. The number of aryl methyl sites for hydroxylation is 1. The number of carbonyl (C=O) groups excluding carboxylic acids is 1. The highest BCUT2D eigenvalue weighted by molar-refractivity contribution is 14.0. The Morgan fingerprint density at radius 3 is 2.67 bits per heavy atom. The van der Waals surface area contributed by atoms with Crippen LogP contribution in [0.1, 0.15) is 32.4 Å². The molecule has 2 N–H and O–H groups in total. The zero-order chi connectivity index (χ0) is 17.4. The highest BCUT2D eigenvalue weighted by Crippen LogP contribution is 2.14. The van der Waals surface area contributed by atoms with E-state index in [1.54, 1.807) is 7.05 Å². The van der Waals surface area contributed by atoms with Crippen LogP contribution < -0.4 is 10.6 Å². The minimum atomic E-state index is 0. The number of halogens is 2. The van der Waals surface area contributed by atoms with E-state index in [4.69, 9.17) is 11.6 Å². The Kier molecular flexibility index (Phi) is 11.1. The van der Waals surface area contributed by atoms with E-state index in [0.29, 0.717) is 19.5 Å². The molecule has 0 bridgehead atoms. The molecule has 1 aromatic heterocycles. The maximum Gasteiger partial charge on any atom is 0.221 e. The first kappa shape index (κ1) is 23.0. The van der Waals surface area contributed by atoms with Gasteiger partial charge >= 0.3 is 0 Å². The second kappa shape index (κ2) is 11.6. The van der Waals surface area contributed by atoms with Crippen molar-refractivity contribution in [1.82, 2.24) is 20.1 Å². The summed E-state index contributed by atoms with van der Waals surface area (Å²) in [6, 6.07) is 2.15. The van der Waals surface area contributed by atoms with Crippen LogP contribution in [0.4, 0.5) is 0 Å². The Bertz CT molecular complexity index is 547. The lowest BCUT2D eigenvalue weighted by Crippen LogP contribution is -2.41. The van der Waals surface area contributed by atoms with Gasteiger partial charge in [-0.1, -0.05) is 18.5 Å². The standard InChI is InChI=1S/C16H28ClN5O.HI/c1-6-12(2)20-15(23)7-8-19-16(18-3)22(5)11-14-9-13(17)10-21(14)4;/h9-10,12H,6-8,11H2,1-5H3,(H,18,19)(H,20,23);1H. The second-order valence-electron chi connectivity index (χ2n) is 5.72. The molecule has 0 aromatic carbocycles. The molecule has 1 unspecified atom stereocenters. The minimum absolute atomic E-state index is 0. The van der Waals surface area contributed by atoms with Gasteiger partial charge in [-0.15, -0.1) is 24.0 Å². The molecule has 1 amide bonds. The van der Waals surface area contributed by atoms with Gasteiger partial charge in [0.1, 0.15) is 0 Å². The molecule has 1 heterocycles. The smallest absolute Gasteiger partial charge is 0.221 e. The molecule has 8 heteroatoms. The van der Waals surface area contributed by atoms with Crippen molar-refractivity contribution < 1.29 is 4.79 Å². The van der Waals surface area contributed by atoms with Crippen molar-refractivity contribution in [3.05, 3.63) is 23.0 Å². The molecule has 0 aliphatic carbocycles. The fourth-order valence-corrected chi connectivity index (χ4v) is 2.44. The predicted molar refractivity (Wildman–Crippen MR) is 111 cm³/mol. The molecule has 0 aliphatic rings. The summed E-state index contributed by atoms with van der Waals surface area (Å²) < 4.78 is 1.99. The molecule has 0 radical (unpaired) electrons. The van der Waals surface area contributed by atoms with Crippen LogP contribution in [-0.2, 0) is 18.4 Å². The molecule has 0 saturated carbocycles. The number of nitrogens with one attached hydrogen (secondary N) is 2. The number of hydrogen-bond donors (Lipinski definition) is 2. The van der Waals surface area contributed by atoms with Crippen LogP contribution in [0.2, 0.25) is 5.02 Å². The first-order valence-electron chi connectivity index (χ1n) is 7.89.